The molecule has 0 amide bonds. The zero-order valence-corrected chi connectivity index (χ0v) is 7.09. The van der Waals surface area contributed by atoms with E-state index in [4.69, 9.17) is 4.74 Å². The van der Waals surface area contributed by atoms with Gasteiger partial charge in [0.1, 0.15) is 5.71 Å². The molecule has 0 atom stereocenters. The van der Waals surface area contributed by atoms with Crippen LogP contribution in [0.15, 0.2) is 5.16 Å². The fraction of sp³-hybridized carbons (Fsp3) is 0.714. The van der Waals surface area contributed by atoms with E-state index in [2.05, 4.69) is 9.99 Å². The van der Waals surface area contributed by atoms with Crippen LogP contribution in [0.2, 0.25) is 0 Å². The smallest absolute Gasteiger partial charge is 0.216 e. The van der Waals surface area contributed by atoms with Crippen LogP contribution in [0.1, 0.15) is 20.8 Å². The van der Waals surface area contributed by atoms with E-state index in [0.29, 0.717) is 12.3 Å². The molecule has 0 fully saturated rings. The van der Waals surface area contributed by atoms with Crippen molar-refractivity contribution in [1.82, 2.24) is 0 Å². The van der Waals surface area contributed by atoms with Crippen molar-refractivity contribution in [1.29, 1.82) is 0 Å². The van der Waals surface area contributed by atoms with Gasteiger partial charge in [0, 0.05) is 13.5 Å². The lowest BCUT2D eigenvalue weighted by atomic mass is 10.3. The summed E-state index contributed by atoms with van der Waals surface area (Å²) in [5.41, 5.74) is 0.352. The number of carbonyl (C=O) groups is 1. The Morgan fingerprint density at radius 3 is 2.55 bits per heavy atom. The highest BCUT2D eigenvalue weighted by atomic mass is 16.7. The van der Waals surface area contributed by atoms with Crippen LogP contribution in [0.3, 0.4) is 0 Å². The van der Waals surface area contributed by atoms with Gasteiger partial charge in [-0.1, -0.05) is 5.16 Å². The van der Waals surface area contributed by atoms with Crippen LogP contribution >= 0.6 is 0 Å². The summed E-state index contributed by atoms with van der Waals surface area (Å²) in [5.74, 6) is -0.0958. The van der Waals surface area contributed by atoms with Gasteiger partial charge in [-0.15, -0.1) is 0 Å². The third-order valence-electron chi connectivity index (χ3n) is 1.05. The highest BCUT2D eigenvalue weighted by Crippen LogP contribution is 1.83. The summed E-state index contributed by atoms with van der Waals surface area (Å²) in [6.45, 7) is 5.55. The van der Waals surface area contributed by atoms with E-state index in [1.807, 2.05) is 6.92 Å². The zero-order valence-electron chi connectivity index (χ0n) is 7.09. The Labute approximate surface area is 66.2 Å². The van der Waals surface area contributed by atoms with Crippen LogP contribution in [-0.2, 0) is 14.4 Å². The molecule has 0 spiro atoms. The Hall–Kier alpha value is -0.900. The number of hydrogen-bond donors (Lipinski definition) is 0. The molecule has 0 heterocycles. The monoisotopic (exact) mass is 159 g/mol. The minimum atomic E-state index is -0.0958. The average molecular weight is 159 g/mol. The second-order valence-electron chi connectivity index (χ2n) is 1.97. The minimum Gasteiger partial charge on any atom is -0.367 e. The van der Waals surface area contributed by atoms with Crippen molar-refractivity contribution in [2.24, 2.45) is 5.16 Å². The van der Waals surface area contributed by atoms with Gasteiger partial charge in [-0.25, -0.2) is 0 Å². The first-order valence-electron chi connectivity index (χ1n) is 3.43. The molecular weight excluding hydrogens is 146 g/mol. The molecule has 0 aromatic heterocycles. The largest absolute Gasteiger partial charge is 0.367 e. The summed E-state index contributed by atoms with van der Waals surface area (Å²) in [6, 6.07) is 0. The van der Waals surface area contributed by atoms with Gasteiger partial charge in [0.15, 0.2) is 5.78 Å². The third kappa shape index (κ3) is 5.54. The molecule has 4 nitrogen and oxygen atoms in total. The van der Waals surface area contributed by atoms with Gasteiger partial charge in [0.05, 0.1) is 0 Å². The summed E-state index contributed by atoms with van der Waals surface area (Å²) < 4.78 is 4.82. The van der Waals surface area contributed by atoms with Gasteiger partial charge in [0.2, 0.25) is 6.79 Å². The standard InChI is InChI=1S/C7H13NO3/c1-4-10-5-11-8-6(2)7(3)9/h4-5H2,1-3H3. The summed E-state index contributed by atoms with van der Waals surface area (Å²) in [6.07, 6.45) is 0. The van der Waals surface area contributed by atoms with Gasteiger partial charge >= 0.3 is 0 Å². The van der Waals surface area contributed by atoms with Crippen molar-refractivity contribution >= 4 is 11.5 Å². The Kier molecular flexibility index (Phi) is 5.37. The lowest BCUT2D eigenvalue weighted by Gasteiger charge is -1.98. The Morgan fingerprint density at radius 2 is 2.09 bits per heavy atom. The van der Waals surface area contributed by atoms with Crippen molar-refractivity contribution in [3.63, 3.8) is 0 Å². The molecule has 0 aromatic carbocycles. The van der Waals surface area contributed by atoms with Gasteiger partial charge < -0.3 is 9.57 Å². The van der Waals surface area contributed by atoms with E-state index in [9.17, 15) is 4.79 Å². The van der Waals surface area contributed by atoms with E-state index in [-0.39, 0.29) is 12.6 Å². The fourth-order valence-electron chi connectivity index (χ4n) is 0.308. The average Bonchev–Trinajstić information content (AvgIpc) is 1.97. The predicted octanol–water partition coefficient (Wildman–Crippen LogP) is 0.962. The molecule has 0 aromatic rings. The highest BCUT2D eigenvalue weighted by molar-refractivity contribution is 6.37. The molecule has 0 aliphatic carbocycles. The number of oxime groups is 1. The Balaban J connectivity index is 3.48. The van der Waals surface area contributed by atoms with Gasteiger partial charge in [-0.3, -0.25) is 4.79 Å². The van der Waals surface area contributed by atoms with Gasteiger partial charge in [0.25, 0.3) is 0 Å². The number of ketones is 1. The van der Waals surface area contributed by atoms with Crippen LogP contribution in [-0.4, -0.2) is 24.9 Å². The molecule has 11 heavy (non-hydrogen) atoms. The van der Waals surface area contributed by atoms with E-state index in [0.717, 1.165) is 0 Å². The van der Waals surface area contributed by atoms with Crippen molar-refractivity contribution in [3.05, 3.63) is 0 Å². The number of hydrogen-bond acceptors (Lipinski definition) is 4. The molecule has 64 valence electrons. The van der Waals surface area contributed by atoms with E-state index < -0.39 is 0 Å². The molecule has 0 aliphatic rings. The van der Waals surface area contributed by atoms with E-state index in [1.165, 1.54) is 6.92 Å². The predicted molar refractivity (Wildman–Crippen MR) is 41.4 cm³/mol. The highest BCUT2D eigenvalue weighted by Gasteiger charge is 1.96. The van der Waals surface area contributed by atoms with Crippen LogP contribution < -0.4 is 0 Å². The van der Waals surface area contributed by atoms with Crippen molar-refractivity contribution in [2.45, 2.75) is 20.8 Å². The lowest BCUT2D eigenvalue weighted by molar-refractivity contribution is -0.111. The Morgan fingerprint density at radius 1 is 1.45 bits per heavy atom. The molecule has 0 bridgehead atoms. The summed E-state index contributed by atoms with van der Waals surface area (Å²) in [4.78, 5) is 15.2. The number of Topliss-reactive ketones (excluding diaryl/α,β-unsaturated/α-hetero) is 1. The van der Waals surface area contributed by atoms with Crippen LogP contribution in [0.5, 0.6) is 0 Å². The van der Waals surface area contributed by atoms with Gasteiger partial charge in [-0.2, -0.15) is 0 Å². The maximum absolute atomic E-state index is 10.6. The van der Waals surface area contributed by atoms with Crippen LogP contribution in [0, 0.1) is 0 Å². The normalized spacial score (nSPS) is 11.4. The van der Waals surface area contributed by atoms with E-state index in [1.54, 1.807) is 6.92 Å². The molecule has 0 N–H and O–H groups in total. The first-order valence-corrected chi connectivity index (χ1v) is 3.43. The molecule has 0 saturated heterocycles. The molecular formula is C7H13NO3. The van der Waals surface area contributed by atoms with Crippen molar-refractivity contribution in [2.75, 3.05) is 13.4 Å². The van der Waals surface area contributed by atoms with Crippen molar-refractivity contribution in [3.8, 4) is 0 Å². The molecule has 0 radical (unpaired) electrons. The zero-order chi connectivity index (χ0) is 8.69. The topological polar surface area (TPSA) is 47.9 Å². The molecule has 4 heteroatoms. The molecule has 0 unspecified atom stereocenters. The number of carbonyl (C=O) groups excluding carboxylic acids is 1. The first-order chi connectivity index (χ1) is 5.18. The van der Waals surface area contributed by atoms with Crippen molar-refractivity contribution < 1.29 is 14.4 Å². The number of ether oxygens (including phenoxy) is 1. The SMILES string of the molecule is CCOCON=C(C)C(C)=O. The van der Waals surface area contributed by atoms with Gasteiger partial charge in [-0.05, 0) is 13.8 Å². The third-order valence-corrected chi connectivity index (χ3v) is 1.05. The second kappa shape index (κ2) is 5.85. The van der Waals surface area contributed by atoms with Crippen LogP contribution in [0.4, 0.5) is 0 Å². The molecule has 0 aliphatic heterocycles. The lowest BCUT2D eigenvalue weighted by Crippen LogP contribution is -2.06. The Bertz CT molecular complexity index is 154. The van der Waals surface area contributed by atoms with Crippen LogP contribution in [0.25, 0.3) is 0 Å². The first kappa shape index (κ1) is 10.1. The summed E-state index contributed by atoms with van der Waals surface area (Å²) in [5, 5.41) is 3.50. The maximum Gasteiger partial charge on any atom is 0.216 e. The number of nitrogens with zero attached hydrogens (tertiary/aromatic N) is 1. The summed E-state index contributed by atoms with van der Waals surface area (Å²) >= 11 is 0. The molecule has 0 saturated carbocycles. The summed E-state index contributed by atoms with van der Waals surface area (Å²) in [7, 11) is 0. The van der Waals surface area contributed by atoms with E-state index >= 15 is 0 Å². The fourth-order valence-corrected chi connectivity index (χ4v) is 0.308. The quantitative estimate of drug-likeness (QED) is 0.260. The molecule has 0 rings (SSSR count). The minimum absolute atomic E-state index is 0.0958. The second-order valence-corrected chi connectivity index (χ2v) is 1.97. The number of rotatable bonds is 5. The maximum atomic E-state index is 10.6.